The first kappa shape index (κ1) is 19.0. The first-order valence-corrected chi connectivity index (χ1v) is 11.5. The third-order valence-electron chi connectivity index (χ3n) is 7.27. The molecule has 0 unspecified atom stereocenters. The van der Waals surface area contributed by atoms with Gasteiger partial charge in [-0.05, 0) is 38.1 Å². The van der Waals surface area contributed by atoms with Crippen molar-refractivity contribution in [2.24, 2.45) is 5.10 Å². The zero-order valence-electron chi connectivity index (χ0n) is 18.3. The van der Waals surface area contributed by atoms with Gasteiger partial charge in [-0.1, -0.05) is 18.2 Å². The van der Waals surface area contributed by atoms with E-state index in [1.807, 2.05) is 6.07 Å². The standard InChI is InChI=1S/C25H29N3O3/c1-17(2)27-11-9-25(10-12-27)28-21(19-5-3-4-6-22(19)31-25)16-20(26-28)18-7-8-23-24(15-18)30-14-13-29-23/h3-8,15,17,21H,9-14,16H2,1-2H3/p+1/t21-/m1/s1. The van der Waals surface area contributed by atoms with E-state index < -0.39 is 0 Å². The third kappa shape index (κ3) is 3.07. The van der Waals surface area contributed by atoms with Gasteiger partial charge in [0.1, 0.15) is 19.0 Å². The van der Waals surface area contributed by atoms with Crippen LogP contribution in [-0.4, -0.2) is 48.8 Å². The number of piperidine rings is 1. The molecule has 1 spiro atoms. The minimum absolute atomic E-state index is 0.216. The minimum atomic E-state index is -0.354. The van der Waals surface area contributed by atoms with Crippen molar-refractivity contribution < 1.29 is 19.1 Å². The zero-order valence-corrected chi connectivity index (χ0v) is 18.3. The van der Waals surface area contributed by atoms with E-state index in [9.17, 15) is 0 Å². The van der Waals surface area contributed by atoms with Crippen LogP contribution in [0.25, 0.3) is 0 Å². The summed E-state index contributed by atoms with van der Waals surface area (Å²) in [6.45, 7) is 8.03. The summed E-state index contributed by atoms with van der Waals surface area (Å²) in [5.41, 5.74) is 3.09. The first-order chi connectivity index (χ1) is 15.1. The van der Waals surface area contributed by atoms with Crippen molar-refractivity contribution in [3.05, 3.63) is 53.6 Å². The summed E-state index contributed by atoms with van der Waals surface area (Å²) < 4.78 is 18.3. The predicted octanol–water partition coefficient (Wildman–Crippen LogP) is 2.78. The van der Waals surface area contributed by atoms with Gasteiger partial charge in [0, 0.05) is 17.5 Å². The summed E-state index contributed by atoms with van der Waals surface area (Å²) in [6, 6.07) is 15.5. The summed E-state index contributed by atoms with van der Waals surface area (Å²) in [7, 11) is 0. The molecular formula is C25H30N3O3+. The van der Waals surface area contributed by atoms with E-state index in [4.69, 9.17) is 19.3 Å². The number of benzene rings is 2. The number of ether oxygens (including phenoxy) is 3. The van der Waals surface area contributed by atoms with Crippen LogP contribution in [0, 0.1) is 0 Å². The molecule has 1 saturated heterocycles. The van der Waals surface area contributed by atoms with Gasteiger partial charge >= 0.3 is 0 Å². The molecule has 4 heterocycles. The Balaban J connectivity index is 1.37. The van der Waals surface area contributed by atoms with Gasteiger partial charge in [-0.15, -0.1) is 0 Å². The highest BCUT2D eigenvalue weighted by atomic mass is 16.6. The number of nitrogens with zero attached hydrogens (tertiary/aromatic N) is 2. The number of quaternary nitrogens is 1. The van der Waals surface area contributed by atoms with E-state index in [1.165, 1.54) is 5.56 Å². The molecule has 0 aliphatic carbocycles. The molecule has 4 aliphatic heterocycles. The minimum Gasteiger partial charge on any atom is -0.486 e. The van der Waals surface area contributed by atoms with Gasteiger partial charge < -0.3 is 19.1 Å². The molecule has 162 valence electrons. The number of rotatable bonds is 2. The Morgan fingerprint density at radius 2 is 1.77 bits per heavy atom. The number of likely N-dealkylation sites (tertiary alicyclic amines) is 1. The SMILES string of the molecule is CC(C)[NH+]1CCC2(CC1)Oc1ccccc1[C@H]1CC(c3ccc4c(c3)OCCO4)=NN12. The van der Waals surface area contributed by atoms with Gasteiger partial charge in [-0.3, -0.25) is 0 Å². The maximum atomic E-state index is 6.74. The van der Waals surface area contributed by atoms with Crippen molar-refractivity contribution in [3.63, 3.8) is 0 Å². The summed E-state index contributed by atoms with van der Waals surface area (Å²) in [5, 5.41) is 7.48. The molecule has 6 nitrogen and oxygen atoms in total. The number of hydrogen-bond acceptors (Lipinski definition) is 5. The first-order valence-electron chi connectivity index (χ1n) is 11.5. The molecule has 31 heavy (non-hydrogen) atoms. The summed E-state index contributed by atoms with van der Waals surface area (Å²) in [5.74, 6) is 2.66. The molecule has 1 atom stereocenters. The van der Waals surface area contributed by atoms with Crippen LogP contribution in [0.3, 0.4) is 0 Å². The van der Waals surface area contributed by atoms with Gasteiger partial charge in [0.15, 0.2) is 11.5 Å². The molecule has 0 saturated carbocycles. The Morgan fingerprint density at radius 1 is 1.00 bits per heavy atom. The van der Waals surface area contributed by atoms with Gasteiger partial charge in [0.2, 0.25) is 5.72 Å². The normalized spacial score (nSPS) is 28.7. The van der Waals surface area contributed by atoms with E-state index in [0.717, 1.165) is 60.9 Å². The van der Waals surface area contributed by atoms with Crippen molar-refractivity contribution in [1.29, 1.82) is 0 Å². The van der Waals surface area contributed by atoms with Crippen LogP contribution < -0.4 is 19.1 Å². The molecule has 0 radical (unpaired) electrons. The highest BCUT2D eigenvalue weighted by Crippen LogP contribution is 2.49. The Kier molecular flexibility index (Phi) is 4.39. The van der Waals surface area contributed by atoms with E-state index >= 15 is 0 Å². The second-order valence-corrected chi connectivity index (χ2v) is 9.37. The molecular weight excluding hydrogens is 390 g/mol. The maximum Gasteiger partial charge on any atom is 0.208 e. The Labute approximate surface area is 183 Å². The van der Waals surface area contributed by atoms with Crippen molar-refractivity contribution in [1.82, 2.24) is 5.01 Å². The number of para-hydroxylation sites is 1. The van der Waals surface area contributed by atoms with Crippen LogP contribution in [0.2, 0.25) is 0 Å². The quantitative estimate of drug-likeness (QED) is 0.812. The average Bonchev–Trinajstić information content (AvgIpc) is 3.26. The Bertz CT molecular complexity index is 1030. The van der Waals surface area contributed by atoms with Crippen LogP contribution in [0.4, 0.5) is 0 Å². The lowest BCUT2D eigenvalue weighted by Crippen LogP contribution is -3.16. The van der Waals surface area contributed by atoms with E-state index in [0.29, 0.717) is 19.3 Å². The molecule has 0 aromatic heterocycles. The van der Waals surface area contributed by atoms with Crippen LogP contribution in [0.5, 0.6) is 17.2 Å². The average molecular weight is 421 g/mol. The van der Waals surface area contributed by atoms with Crippen LogP contribution >= 0.6 is 0 Å². The number of fused-ring (bicyclic) bond motifs is 5. The number of hydrazone groups is 1. The van der Waals surface area contributed by atoms with Crippen LogP contribution in [-0.2, 0) is 0 Å². The van der Waals surface area contributed by atoms with Gasteiger partial charge in [0.05, 0.1) is 43.7 Å². The lowest BCUT2D eigenvalue weighted by atomic mass is 9.90. The Morgan fingerprint density at radius 3 is 2.58 bits per heavy atom. The fourth-order valence-electron chi connectivity index (χ4n) is 5.50. The van der Waals surface area contributed by atoms with Crippen LogP contribution in [0.1, 0.15) is 50.3 Å². The molecule has 2 aromatic rings. The summed E-state index contributed by atoms with van der Waals surface area (Å²) in [4.78, 5) is 1.65. The number of nitrogens with one attached hydrogen (secondary N) is 1. The monoisotopic (exact) mass is 420 g/mol. The Hall–Kier alpha value is -2.73. The predicted molar refractivity (Wildman–Crippen MR) is 118 cm³/mol. The fraction of sp³-hybridized carbons (Fsp3) is 0.480. The van der Waals surface area contributed by atoms with E-state index in [2.05, 4.69) is 55.3 Å². The van der Waals surface area contributed by atoms with Crippen molar-refractivity contribution in [2.75, 3.05) is 26.3 Å². The van der Waals surface area contributed by atoms with E-state index in [1.54, 1.807) is 4.90 Å². The maximum absolute atomic E-state index is 6.74. The van der Waals surface area contributed by atoms with Crippen molar-refractivity contribution >= 4 is 5.71 Å². The summed E-state index contributed by atoms with van der Waals surface area (Å²) in [6.07, 6.45) is 2.86. The highest BCUT2D eigenvalue weighted by molar-refractivity contribution is 6.02. The lowest BCUT2D eigenvalue weighted by molar-refractivity contribution is -0.929. The molecule has 1 N–H and O–H groups in total. The molecule has 2 aromatic carbocycles. The smallest absolute Gasteiger partial charge is 0.208 e. The van der Waals surface area contributed by atoms with Crippen molar-refractivity contribution in [2.45, 2.75) is 50.9 Å². The van der Waals surface area contributed by atoms with E-state index in [-0.39, 0.29) is 11.8 Å². The van der Waals surface area contributed by atoms with Gasteiger partial charge in [-0.2, -0.15) is 5.10 Å². The van der Waals surface area contributed by atoms with Crippen molar-refractivity contribution in [3.8, 4) is 17.2 Å². The van der Waals surface area contributed by atoms with Gasteiger partial charge in [0.25, 0.3) is 0 Å². The second-order valence-electron chi connectivity index (χ2n) is 9.37. The lowest BCUT2D eigenvalue weighted by Gasteiger charge is -2.50. The molecule has 0 bridgehead atoms. The summed E-state index contributed by atoms with van der Waals surface area (Å²) >= 11 is 0. The molecule has 0 amide bonds. The third-order valence-corrected chi connectivity index (χ3v) is 7.27. The largest absolute Gasteiger partial charge is 0.486 e. The topological polar surface area (TPSA) is 47.7 Å². The molecule has 4 aliphatic rings. The van der Waals surface area contributed by atoms with Crippen LogP contribution in [0.15, 0.2) is 47.6 Å². The fourth-order valence-corrected chi connectivity index (χ4v) is 5.50. The molecule has 1 fully saturated rings. The zero-order chi connectivity index (χ0) is 21.0. The number of hydrogen-bond donors (Lipinski definition) is 1. The molecule has 6 rings (SSSR count). The molecule has 6 heteroatoms. The van der Waals surface area contributed by atoms with Gasteiger partial charge in [-0.25, -0.2) is 5.01 Å². The highest BCUT2D eigenvalue weighted by Gasteiger charge is 2.53. The second kappa shape index (κ2) is 7.16.